The van der Waals surface area contributed by atoms with E-state index in [0.29, 0.717) is 23.4 Å². The third kappa shape index (κ3) is 3.67. The molecule has 0 aliphatic heterocycles. The third-order valence-corrected chi connectivity index (χ3v) is 2.63. The van der Waals surface area contributed by atoms with E-state index in [1.165, 1.54) is 17.0 Å². The maximum Gasteiger partial charge on any atom is 0.351 e. The Kier molecular flexibility index (Phi) is 4.86. The van der Waals surface area contributed by atoms with Gasteiger partial charge in [-0.15, -0.1) is 0 Å². The summed E-state index contributed by atoms with van der Waals surface area (Å²) < 4.78 is 13.3. The van der Waals surface area contributed by atoms with Crippen molar-refractivity contribution in [3.63, 3.8) is 0 Å². The molecule has 0 unspecified atom stereocenters. The van der Waals surface area contributed by atoms with Crippen LogP contribution in [0.2, 0.25) is 0 Å². The van der Waals surface area contributed by atoms with Gasteiger partial charge in [0.1, 0.15) is 5.82 Å². The Morgan fingerprint density at radius 2 is 1.84 bits per heavy atom. The van der Waals surface area contributed by atoms with Gasteiger partial charge in [-0.2, -0.15) is 4.99 Å². The van der Waals surface area contributed by atoms with Gasteiger partial charge < -0.3 is 11.5 Å². The van der Waals surface area contributed by atoms with Crippen molar-refractivity contribution < 1.29 is 9.18 Å². The minimum absolute atomic E-state index is 0.288. The Labute approximate surface area is 112 Å². The normalized spacial score (nSPS) is 10.1. The van der Waals surface area contributed by atoms with Gasteiger partial charge in [-0.1, -0.05) is 6.92 Å². The van der Waals surface area contributed by atoms with Crippen molar-refractivity contribution in [2.45, 2.75) is 27.2 Å². The first kappa shape index (κ1) is 14.9. The molecule has 0 aliphatic carbocycles. The summed E-state index contributed by atoms with van der Waals surface area (Å²) in [5.41, 5.74) is 12.4. The lowest BCUT2D eigenvalue weighted by molar-refractivity contribution is 0.254. The second-order valence-electron chi connectivity index (χ2n) is 4.36. The van der Waals surface area contributed by atoms with Gasteiger partial charge in [0.2, 0.25) is 0 Å². The van der Waals surface area contributed by atoms with Crippen molar-refractivity contribution in [1.29, 1.82) is 0 Å². The van der Waals surface area contributed by atoms with Crippen molar-refractivity contribution in [2.24, 2.45) is 16.5 Å². The summed E-state index contributed by atoms with van der Waals surface area (Å²) >= 11 is 0. The first-order chi connectivity index (χ1) is 8.86. The molecule has 0 aliphatic rings. The highest BCUT2D eigenvalue weighted by Gasteiger charge is 2.19. The fraction of sp³-hybridized carbons (Fsp3) is 0.385. The number of carbonyl (C=O) groups is 1. The molecule has 1 aromatic carbocycles. The second kappa shape index (κ2) is 6.17. The lowest BCUT2D eigenvalue weighted by Gasteiger charge is -2.24. The Hall–Kier alpha value is -2.11. The zero-order valence-corrected chi connectivity index (χ0v) is 11.4. The van der Waals surface area contributed by atoms with Crippen LogP contribution in [0.5, 0.6) is 0 Å². The number of hydrogen-bond donors (Lipinski definition) is 2. The molecule has 104 valence electrons. The van der Waals surface area contributed by atoms with Gasteiger partial charge in [0, 0.05) is 6.54 Å². The summed E-state index contributed by atoms with van der Waals surface area (Å²) in [4.78, 5) is 17.0. The molecule has 1 aromatic rings. The first-order valence-corrected chi connectivity index (χ1v) is 6.04. The number of amides is 2. The lowest BCUT2D eigenvalue weighted by atomic mass is 10.1. The number of rotatable bonds is 3. The maximum atomic E-state index is 13.3. The highest BCUT2D eigenvalue weighted by atomic mass is 19.1. The van der Waals surface area contributed by atoms with Crippen molar-refractivity contribution in [1.82, 2.24) is 0 Å². The van der Waals surface area contributed by atoms with Crippen LogP contribution in [0, 0.1) is 19.7 Å². The fourth-order valence-corrected chi connectivity index (χ4v) is 2.03. The van der Waals surface area contributed by atoms with Gasteiger partial charge in [-0.25, -0.2) is 9.18 Å². The number of aliphatic imine (C=N–C) groups is 1. The van der Waals surface area contributed by atoms with Crippen LogP contribution in [0.25, 0.3) is 0 Å². The standard InChI is InChI=1S/C13H19FN4O/c1-4-5-18(13(19)17-12(15)16)11-8(2)6-10(14)7-9(11)3/h6-7H,4-5H2,1-3H3,(H4,15,16,17,19). The molecule has 6 heteroatoms. The molecule has 2 amide bonds. The predicted molar refractivity (Wildman–Crippen MR) is 74.7 cm³/mol. The van der Waals surface area contributed by atoms with Crippen LogP contribution in [0.15, 0.2) is 17.1 Å². The van der Waals surface area contributed by atoms with E-state index in [-0.39, 0.29) is 11.8 Å². The molecule has 0 aromatic heterocycles. The molecular formula is C13H19FN4O. The highest BCUT2D eigenvalue weighted by molar-refractivity contribution is 6.00. The molecule has 0 saturated carbocycles. The zero-order chi connectivity index (χ0) is 14.6. The number of hydrogen-bond acceptors (Lipinski definition) is 1. The van der Waals surface area contributed by atoms with Gasteiger partial charge in [-0.05, 0) is 43.5 Å². The summed E-state index contributed by atoms with van der Waals surface area (Å²) in [6.45, 7) is 5.89. The van der Waals surface area contributed by atoms with Crippen LogP contribution in [0.3, 0.4) is 0 Å². The molecule has 0 atom stereocenters. The number of anilines is 1. The third-order valence-electron chi connectivity index (χ3n) is 2.63. The zero-order valence-electron chi connectivity index (χ0n) is 11.4. The summed E-state index contributed by atoms with van der Waals surface area (Å²) in [6.07, 6.45) is 0.738. The van der Waals surface area contributed by atoms with Gasteiger partial charge in [0.25, 0.3) is 0 Å². The number of halogens is 1. The molecule has 0 spiro atoms. The van der Waals surface area contributed by atoms with E-state index in [0.717, 1.165) is 6.42 Å². The SMILES string of the molecule is CCCN(C(=O)N=C(N)N)c1c(C)cc(F)cc1C. The average molecular weight is 266 g/mol. The number of nitrogens with two attached hydrogens (primary N) is 2. The van der Waals surface area contributed by atoms with Gasteiger partial charge in [0.05, 0.1) is 5.69 Å². The van der Waals surface area contributed by atoms with E-state index in [4.69, 9.17) is 11.5 Å². The smallest absolute Gasteiger partial charge is 0.351 e. The number of guanidine groups is 1. The van der Waals surface area contributed by atoms with E-state index < -0.39 is 6.03 Å². The molecule has 0 fully saturated rings. The molecule has 4 N–H and O–H groups in total. The van der Waals surface area contributed by atoms with E-state index in [9.17, 15) is 9.18 Å². The predicted octanol–water partition coefficient (Wildman–Crippen LogP) is 2.05. The first-order valence-electron chi connectivity index (χ1n) is 6.04. The maximum absolute atomic E-state index is 13.3. The molecular weight excluding hydrogens is 247 g/mol. The van der Waals surface area contributed by atoms with Crippen molar-refractivity contribution in [3.05, 3.63) is 29.1 Å². The quantitative estimate of drug-likeness (QED) is 0.648. The summed E-state index contributed by atoms with van der Waals surface area (Å²) in [6, 6.07) is 2.22. The number of benzene rings is 1. The van der Waals surface area contributed by atoms with Crippen molar-refractivity contribution in [3.8, 4) is 0 Å². The molecule has 0 saturated heterocycles. The van der Waals surface area contributed by atoms with E-state index >= 15 is 0 Å². The average Bonchev–Trinajstić information content (AvgIpc) is 2.25. The number of urea groups is 1. The molecule has 0 bridgehead atoms. The van der Waals surface area contributed by atoms with Crippen LogP contribution in [0.1, 0.15) is 24.5 Å². The monoisotopic (exact) mass is 266 g/mol. The molecule has 1 rings (SSSR count). The van der Waals surface area contributed by atoms with Crippen LogP contribution >= 0.6 is 0 Å². The summed E-state index contributed by atoms with van der Waals surface area (Å²) in [5, 5.41) is 0. The fourth-order valence-electron chi connectivity index (χ4n) is 2.03. The van der Waals surface area contributed by atoms with Gasteiger partial charge in [0.15, 0.2) is 5.96 Å². The largest absolute Gasteiger partial charge is 0.370 e. The highest BCUT2D eigenvalue weighted by Crippen LogP contribution is 2.26. The lowest BCUT2D eigenvalue weighted by Crippen LogP contribution is -2.34. The number of nitrogens with zero attached hydrogens (tertiary/aromatic N) is 2. The second-order valence-corrected chi connectivity index (χ2v) is 4.36. The van der Waals surface area contributed by atoms with Gasteiger partial charge >= 0.3 is 6.03 Å². The van der Waals surface area contributed by atoms with Crippen LogP contribution in [-0.4, -0.2) is 18.5 Å². The van der Waals surface area contributed by atoms with E-state index in [1.807, 2.05) is 6.92 Å². The van der Waals surface area contributed by atoms with Crippen LogP contribution in [-0.2, 0) is 0 Å². The Balaban J connectivity index is 3.27. The number of carbonyl (C=O) groups excluding carboxylic acids is 1. The number of aryl methyl sites for hydroxylation is 2. The van der Waals surface area contributed by atoms with Crippen molar-refractivity contribution in [2.75, 3.05) is 11.4 Å². The minimum atomic E-state index is -0.542. The molecule has 5 nitrogen and oxygen atoms in total. The Morgan fingerprint density at radius 3 is 2.26 bits per heavy atom. The molecule has 19 heavy (non-hydrogen) atoms. The molecule has 0 radical (unpaired) electrons. The minimum Gasteiger partial charge on any atom is -0.370 e. The van der Waals surface area contributed by atoms with Crippen molar-refractivity contribution >= 4 is 17.7 Å². The van der Waals surface area contributed by atoms with E-state index in [2.05, 4.69) is 4.99 Å². The summed E-state index contributed by atoms with van der Waals surface area (Å²) in [5.74, 6) is -0.618. The van der Waals surface area contributed by atoms with Gasteiger partial charge in [-0.3, -0.25) is 4.90 Å². The Bertz CT molecular complexity index is 486. The topological polar surface area (TPSA) is 84.7 Å². The Morgan fingerprint density at radius 1 is 1.32 bits per heavy atom. The molecule has 0 heterocycles. The van der Waals surface area contributed by atoms with Crippen LogP contribution < -0.4 is 16.4 Å². The van der Waals surface area contributed by atoms with E-state index in [1.54, 1.807) is 13.8 Å². The summed E-state index contributed by atoms with van der Waals surface area (Å²) in [7, 11) is 0. The van der Waals surface area contributed by atoms with Crippen LogP contribution in [0.4, 0.5) is 14.9 Å².